The third kappa shape index (κ3) is 5.17. The van der Waals surface area contributed by atoms with Gasteiger partial charge in [0.15, 0.2) is 0 Å². The van der Waals surface area contributed by atoms with Crippen molar-refractivity contribution >= 4 is 10.9 Å². The van der Waals surface area contributed by atoms with E-state index >= 15 is 0 Å². The Morgan fingerprint density at radius 1 is 1.03 bits per heavy atom. The number of hydrogen-bond acceptors (Lipinski definition) is 4. The van der Waals surface area contributed by atoms with Crippen molar-refractivity contribution in [3.8, 4) is 0 Å². The molecule has 4 nitrogen and oxygen atoms in total. The third-order valence-corrected chi connectivity index (χ3v) is 6.10. The molecule has 1 heterocycles. The molecule has 0 spiro atoms. The number of para-hydroxylation sites is 1. The van der Waals surface area contributed by atoms with Crippen LogP contribution in [-0.2, 0) is 6.54 Å². The van der Waals surface area contributed by atoms with E-state index in [0.717, 1.165) is 23.3 Å². The molecule has 3 aromatic rings. The van der Waals surface area contributed by atoms with Crippen LogP contribution in [0.4, 0.5) is 0 Å². The number of aromatic nitrogens is 1. The van der Waals surface area contributed by atoms with Crippen LogP contribution in [0.2, 0.25) is 0 Å². The van der Waals surface area contributed by atoms with Crippen molar-refractivity contribution in [3.63, 3.8) is 0 Å². The largest absolute Gasteiger partial charge is 0.423 e. The van der Waals surface area contributed by atoms with Gasteiger partial charge in [-0.15, -0.1) is 0 Å². The second-order valence-corrected chi connectivity index (χ2v) is 8.36. The van der Waals surface area contributed by atoms with Gasteiger partial charge in [0, 0.05) is 0 Å². The first-order valence-corrected chi connectivity index (χ1v) is 11.5. The lowest BCUT2D eigenvalue weighted by Gasteiger charge is -2.29. The van der Waals surface area contributed by atoms with Gasteiger partial charge in [-0.2, -0.15) is 0 Å². The molecule has 1 aliphatic carbocycles. The molecule has 30 heavy (non-hydrogen) atoms. The summed E-state index contributed by atoms with van der Waals surface area (Å²) in [6.07, 6.45) is 8.78. The fraction of sp³-hybridized carbons (Fsp3) is 0.462. The minimum Gasteiger partial charge on any atom is -0.423 e. The zero-order valence-corrected chi connectivity index (χ0v) is 18.0. The smallest absolute Gasteiger partial charge is 0.226 e. The molecule has 1 aromatic heterocycles. The lowest BCUT2D eigenvalue weighted by Crippen LogP contribution is -2.32. The second kappa shape index (κ2) is 10.5. The fourth-order valence-electron chi connectivity index (χ4n) is 4.40. The summed E-state index contributed by atoms with van der Waals surface area (Å²) >= 11 is 0. The third-order valence-electron chi connectivity index (χ3n) is 6.10. The maximum Gasteiger partial charge on any atom is 0.226 e. The summed E-state index contributed by atoms with van der Waals surface area (Å²) in [5.74, 6) is 1.37. The topological polar surface area (TPSA) is 50.4 Å². The van der Waals surface area contributed by atoms with Crippen LogP contribution in [0.25, 0.3) is 10.9 Å². The molecule has 1 aliphatic rings. The van der Waals surface area contributed by atoms with Gasteiger partial charge >= 0.3 is 0 Å². The Morgan fingerprint density at radius 2 is 1.80 bits per heavy atom. The Morgan fingerprint density at radius 3 is 2.60 bits per heavy atom. The molecule has 2 aromatic carbocycles. The lowest BCUT2D eigenvalue weighted by atomic mass is 9.83. The number of nitrogens with zero attached hydrogens (tertiary/aromatic N) is 2. The highest BCUT2D eigenvalue weighted by Crippen LogP contribution is 2.34. The number of nitrogens with one attached hydrogen (secondary N) is 1. The zero-order valence-electron chi connectivity index (χ0n) is 18.0. The molecular weight excluding hydrogens is 370 g/mol. The number of fused-ring (bicyclic) bond motifs is 1. The van der Waals surface area contributed by atoms with E-state index in [1.54, 1.807) is 0 Å². The number of benzene rings is 2. The summed E-state index contributed by atoms with van der Waals surface area (Å²) in [4.78, 5) is 9.81. The van der Waals surface area contributed by atoms with Crippen molar-refractivity contribution < 1.29 is 4.42 Å². The van der Waals surface area contributed by atoms with Crippen molar-refractivity contribution in [2.24, 2.45) is 10.9 Å². The highest BCUT2D eigenvalue weighted by Gasteiger charge is 2.28. The second-order valence-electron chi connectivity index (χ2n) is 8.36. The van der Waals surface area contributed by atoms with E-state index in [4.69, 9.17) is 14.4 Å². The van der Waals surface area contributed by atoms with E-state index in [-0.39, 0.29) is 6.04 Å². The molecule has 1 saturated carbocycles. The van der Waals surface area contributed by atoms with Crippen LogP contribution in [0.3, 0.4) is 0 Å². The minimum atomic E-state index is 0.159. The highest BCUT2D eigenvalue weighted by atomic mass is 16.3. The monoisotopic (exact) mass is 403 g/mol. The van der Waals surface area contributed by atoms with Gasteiger partial charge in [0.25, 0.3) is 0 Å². The molecule has 1 fully saturated rings. The Hall–Kier alpha value is -2.46. The summed E-state index contributed by atoms with van der Waals surface area (Å²) < 4.78 is 6.42. The summed E-state index contributed by atoms with van der Waals surface area (Å²) in [7, 11) is 0. The van der Waals surface area contributed by atoms with Gasteiger partial charge in [-0.25, -0.2) is 9.98 Å². The van der Waals surface area contributed by atoms with Crippen LogP contribution in [0.15, 0.2) is 64.0 Å². The standard InChI is InChI=1S/C26H33N3O/c1-2-3-18-27-24(21-14-8-5-9-15-21)26-29-23-17-11-10-16-22(23)25(30-26)28-19-20-12-6-4-7-13-20/h4,6-7,10-13,16-17,21,24,27H,2-3,5,8-9,14-15,18-19H2,1H3. The number of hydrogen-bond donors (Lipinski definition) is 1. The first kappa shape index (κ1) is 20.8. The molecule has 1 unspecified atom stereocenters. The van der Waals surface area contributed by atoms with Gasteiger partial charge in [-0.3, -0.25) is 0 Å². The van der Waals surface area contributed by atoms with E-state index in [9.17, 15) is 0 Å². The van der Waals surface area contributed by atoms with Crippen LogP contribution in [0.5, 0.6) is 0 Å². The maximum absolute atomic E-state index is 6.42. The summed E-state index contributed by atoms with van der Waals surface area (Å²) in [6, 6.07) is 18.7. The van der Waals surface area contributed by atoms with Crippen LogP contribution in [0.1, 0.15) is 69.4 Å². The Bertz CT molecular complexity index is 990. The first-order chi connectivity index (χ1) is 14.8. The van der Waals surface area contributed by atoms with Crippen LogP contribution in [-0.4, -0.2) is 11.5 Å². The number of rotatable bonds is 8. The molecule has 1 N–H and O–H groups in total. The Kier molecular flexibility index (Phi) is 7.30. The van der Waals surface area contributed by atoms with Gasteiger partial charge in [0.2, 0.25) is 11.4 Å². The van der Waals surface area contributed by atoms with E-state index < -0.39 is 0 Å². The van der Waals surface area contributed by atoms with Crippen molar-refractivity contribution in [2.45, 2.75) is 64.5 Å². The molecular formula is C26H33N3O. The van der Waals surface area contributed by atoms with E-state index in [0.29, 0.717) is 18.0 Å². The molecule has 0 bridgehead atoms. The molecule has 0 amide bonds. The van der Waals surface area contributed by atoms with Gasteiger partial charge in [0.05, 0.1) is 23.5 Å². The van der Waals surface area contributed by atoms with Crippen LogP contribution in [0, 0.1) is 5.92 Å². The van der Waals surface area contributed by atoms with Crippen molar-refractivity contribution in [1.82, 2.24) is 10.3 Å². The van der Waals surface area contributed by atoms with Crippen LogP contribution < -0.4 is 10.9 Å². The predicted molar refractivity (Wildman–Crippen MR) is 122 cm³/mol. The number of unbranched alkanes of at least 4 members (excludes halogenated alkanes) is 1. The normalized spacial score (nSPS) is 16.8. The van der Waals surface area contributed by atoms with Gasteiger partial charge in [0.1, 0.15) is 0 Å². The zero-order chi connectivity index (χ0) is 20.6. The summed E-state index contributed by atoms with van der Waals surface area (Å²) in [6.45, 7) is 3.84. The average molecular weight is 404 g/mol. The highest BCUT2D eigenvalue weighted by molar-refractivity contribution is 5.76. The average Bonchev–Trinajstić information content (AvgIpc) is 2.81. The molecule has 0 aliphatic heterocycles. The Balaban J connectivity index is 1.72. The quantitative estimate of drug-likeness (QED) is 0.474. The van der Waals surface area contributed by atoms with Gasteiger partial charge < -0.3 is 9.73 Å². The minimum absolute atomic E-state index is 0.159. The van der Waals surface area contributed by atoms with E-state index in [1.807, 2.05) is 18.2 Å². The van der Waals surface area contributed by atoms with Crippen molar-refractivity contribution in [1.29, 1.82) is 0 Å². The lowest BCUT2D eigenvalue weighted by molar-refractivity contribution is 0.228. The van der Waals surface area contributed by atoms with E-state index in [2.05, 4.69) is 48.6 Å². The predicted octanol–water partition coefficient (Wildman–Crippen LogP) is 5.94. The van der Waals surface area contributed by atoms with Crippen molar-refractivity contribution in [3.05, 3.63) is 71.6 Å². The Labute approximate surface area is 179 Å². The van der Waals surface area contributed by atoms with Crippen LogP contribution >= 0.6 is 0 Å². The van der Waals surface area contributed by atoms with Gasteiger partial charge in [-0.1, -0.05) is 75.1 Å². The summed E-state index contributed by atoms with van der Waals surface area (Å²) in [5.41, 5.74) is 2.83. The summed E-state index contributed by atoms with van der Waals surface area (Å²) in [5, 5.41) is 4.75. The molecule has 1 atom stereocenters. The molecule has 4 rings (SSSR count). The first-order valence-electron chi connectivity index (χ1n) is 11.5. The molecule has 0 saturated heterocycles. The SMILES string of the molecule is CCCCNC(c1nc2ccccc2c(=NCc2ccccc2)o1)C1CCCCC1. The van der Waals surface area contributed by atoms with E-state index in [1.165, 1.54) is 50.5 Å². The molecule has 4 heteroatoms. The van der Waals surface area contributed by atoms with Gasteiger partial charge in [-0.05, 0) is 49.4 Å². The molecule has 158 valence electrons. The van der Waals surface area contributed by atoms with Crippen molar-refractivity contribution in [2.75, 3.05) is 6.54 Å². The fourth-order valence-corrected chi connectivity index (χ4v) is 4.40. The molecule has 0 radical (unpaired) electrons. The maximum atomic E-state index is 6.42.